The van der Waals surface area contributed by atoms with Crippen LogP contribution in [0.1, 0.15) is 23.0 Å². The average molecular weight is 312 g/mol. The van der Waals surface area contributed by atoms with E-state index < -0.39 is 5.60 Å². The van der Waals surface area contributed by atoms with Crippen molar-refractivity contribution in [2.24, 2.45) is 0 Å². The smallest absolute Gasteiger partial charge is 0.264 e. The highest BCUT2D eigenvalue weighted by Gasteiger charge is 2.39. The zero-order valence-corrected chi connectivity index (χ0v) is 13.0. The molecule has 21 heavy (non-hydrogen) atoms. The molecule has 0 spiro atoms. The molecule has 0 saturated carbocycles. The minimum absolute atomic E-state index is 0.0396. The summed E-state index contributed by atoms with van der Waals surface area (Å²) in [5.74, 6) is -0.480. The van der Waals surface area contributed by atoms with E-state index in [1.54, 1.807) is 26.1 Å². The number of amides is 2. The normalized spacial score (nSPS) is 24.8. The summed E-state index contributed by atoms with van der Waals surface area (Å²) in [5, 5.41) is 14.8. The van der Waals surface area contributed by atoms with Gasteiger partial charge in [-0.2, -0.15) is 0 Å². The first-order valence-electron chi connectivity index (χ1n) is 6.82. The number of rotatable bonds is 5. The Kier molecular flexibility index (Phi) is 4.97. The van der Waals surface area contributed by atoms with Gasteiger partial charge in [-0.15, -0.1) is 11.3 Å². The Morgan fingerprint density at radius 1 is 1.62 bits per heavy atom. The maximum atomic E-state index is 12.0. The minimum atomic E-state index is -1.02. The van der Waals surface area contributed by atoms with Crippen molar-refractivity contribution in [3.8, 4) is 0 Å². The second-order valence-corrected chi connectivity index (χ2v) is 6.23. The largest absolute Gasteiger partial charge is 0.385 e. The van der Waals surface area contributed by atoms with Crippen molar-refractivity contribution < 1.29 is 19.4 Å². The minimum Gasteiger partial charge on any atom is -0.385 e. The number of thiophene rings is 1. The molecule has 1 aliphatic rings. The molecular weight excluding hydrogens is 292 g/mol. The molecule has 0 aliphatic carbocycles. The summed E-state index contributed by atoms with van der Waals surface area (Å²) in [4.78, 5) is 25.8. The van der Waals surface area contributed by atoms with Crippen molar-refractivity contribution in [3.05, 3.63) is 22.4 Å². The predicted molar refractivity (Wildman–Crippen MR) is 79.3 cm³/mol. The lowest BCUT2D eigenvalue weighted by Gasteiger charge is -2.26. The van der Waals surface area contributed by atoms with Crippen LogP contribution in [-0.2, 0) is 9.53 Å². The first kappa shape index (κ1) is 15.9. The number of carbonyl (C=O) groups is 2. The van der Waals surface area contributed by atoms with E-state index in [9.17, 15) is 14.7 Å². The van der Waals surface area contributed by atoms with Crippen LogP contribution in [-0.4, -0.2) is 60.3 Å². The van der Waals surface area contributed by atoms with Crippen molar-refractivity contribution in [3.63, 3.8) is 0 Å². The number of aliphatic hydroxyl groups is 1. The number of hydrogen-bond acceptors (Lipinski definition) is 5. The van der Waals surface area contributed by atoms with Gasteiger partial charge in [-0.3, -0.25) is 9.59 Å². The molecule has 2 atom stereocenters. The van der Waals surface area contributed by atoms with Gasteiger partial charge in [-0.1, -0.05) is 6.07 Å². The van der Waals surface area contributed by atoms with Crippen LogP contribution in [0.2, 0.25) is 0 Å². The molecule has 6 nitrogen and oxygen atoms in total. The lowest BCUT2D eigenvalue weighted by Crippen LogP contribution is -2.49. The summed E-state index contributed by atoms with van der Waals surface area (Å²) in [6, 6.07) is 3.52. The van der Waals surface area contributed by atoms with Gasteiger partial charge in [0.2, 0.25) is 5.91 Å². The number of nitrogens with one attached hydrogen (secondary N) is 1. The van der Waals surface area contributed by atoms with E-state index in [0.717, 1.165) is 0 Å². The van der Waals surface area contributed by atoms with Crippen LogP contribution in [0.4, 0.5) is 0 Å². The summed E-state index contributed by atoms with van der Waals surface area (Å²) in [6.45, 7) is 2.37. The second-order valence-electron chi connectivity index (χ2n) is 5.28. The maximum absolute atomic E-state index is 12.0. The van der Waals surface area contributed by atoms with Crippen LogP contribution in [0, 0.1) is 0 Å². The van der Waals surface area contributed by atoms with Gasteiger partial charge >= 0.3 is 0 Å². The summed E-state index contributed by atoms with van der Waals surface area (Å²) in [7, 11) is 1.58. The lowest BCUT2D eigenvalue weighted by atomic mass is 9.97. The molecule has 2 unspecified atom stereocenters. The Morgan fingerprint density at radius 3 is 2.95 bits per heavy atom. The number of ether oxygens (including phenoxy) is 1. The fourth-order valence-electron chi connectivity index (χ4n) is 2.19. The molecule has 0 radical (unpaired) electrons. The molecule has 1 aromatic heterocycles. The van der Waals surface area contributed by atoms with Gasteiger partial charge in [0.15, 0.2) is 0 Å². The molecule has 0 bridgehead atoms. The van der Waals surface area contributed by atoms with Crippen LogP contribution in [0.5, 0.6) is 0 Å². The van der Waals surface area contributed by atoms with E-state index in [1.807, 2.05) is 5.38 Å². The Balaban J connectivity index is 1.80. The number of likely N-dealkylation sites (N-methyl/N-ethyl adjacent to an activating group) is 1. The molecule has 2 amide bonds. The molecule has 116 valence electrons. The monoisotopic (exact) mass is 312 g/mol. The summed E-state index contributed by atoms with van der Waals surface area (Å²) >= 11 is 1.34. The van der Waals surface area contributed by atoms with Crippen molar-refractivity contribution >= 4 is 23.2 Å². The third kappa shape index (κ3) is 3.81. The Hall–Kier alpha value is -1.44. The molecule has 0 aromatic carbocycles. The molecule has 7 heteroatoms. The quantitative estimate of drug-likeness (QED) is 0.829. The first-order chi connectivity index (χ1) is 9.92. The Labute approximate surface area is 127 Å². The third-order valence-corrected chi connectivity index (χ3v) is 4.57. The van der Waals surface area contributed by atoms with Gasteiger partial charge < -0.3 is 20.1 Å². The highest BCUT2D eigenvalue weighted by atomic mass is 32.1. The van der Waals surface area contributed by atoms with E-state index in [-0.39, 0.29) is 31.0 Å². The Bertz CT molecular complexity index is 505. The molecular formula is C14H20N2O4S. The molecule has 1 fully saturated rings. The highest BCUT2D eigenvalue weighted by Crippen LogP contribution is 2.24. The lowest BCUT2D eigenvalue weighted by molar-refractivity contribution is -0.123. The van der Waals surface area contributed by atoms with Gasteiger partial charge in [0, 0.05) is 26.6 Å². The fourth-order valence-corrected chi connectivity index (χ4v) is 2.90. The van der Waals surface area contributed by atoms with Crippen molar-refractivity contribution in [1.82, 2.24) is 10.2 Å². The fraction of sp³-hybridized carbons (Fsp3) is 0.571. The van der Waals surface area contributed by atoms with E-state index >= 15 is 0 Å². The molecule has 1 saturated heterocycles. The van der Waals surface area contributed by atoms with Crippen LogP contribution in [0.15, 0.2) is 17.5 Å². The van der Waals surface area contributed by atoms with Crippen LogP contribution < -0.4 is 5.32 Å². The van der Waals surface area contributed by atoms with Gasteiger partial charge in [0.05, 0.1) is 17.5 Å². The number of nitrogens with zero attached hydrogens (tertiary/aromatic N) is 1. The Morgan fingerprint density at radius 2 is 2.38 bits per heavy atom. The van der Waals surface area contributed by atoms with Gasteiger partial charge in [-0.25, -0.2) is 0 Å². The summed E-state index contributed by atoms with van der Waals surface area (Å²) in [5.41, 5.74) is -1.02. The van der Waals surface area contributed by atoms with Crippen molar-refractivity contribution in [1.29, 1.82) is 0 Å². The first-order valence-corrected chi connectivity index (χ1v) is 7.70. The van der Waals surface area contributed by atoms with Crippen molar-refractivity contribution in [2.45, 2.75) is 25.0 Å². The summed E-state index contributed by atoms with van der Waals surface area (Å²) < 4.78 is 5.30. The molecule has 2 rings (SSSR count). The van der Waals surface area contributed by atoms with Crippen LogP contribution in [0.3, 0.4) is 0 Å². The van der Waals surface area contributed by atoms with E-state index in [0.29, 0.717) is 17.9 Å². The van der Waals surface area contributed by atoms with Gasteiger partial charge in [-0.05, 0) is 18.4 Å². The average Bonchev–Trinajstić information content (AvgIpc) is 3.07. The van der Waals surface area contributed by atoms with Gasteiger partial charge in [0.1, 0.15) is 5.60 Å². The van der Waals surface area contributed by atoms with Crippen molar-refractivity contribution in [2.75, 3.05) is 26.7 Å². The van der Waals surface area contributed by atoms with Crippen LogP contribution in [0.25, 0.3) is 0 Å². The number of hydrogen-bond donors (Lipinski definition) is 2. The molecule has 2 heterocycles. The number of carbonyl (C=O) groups excluding carboxylic acids is 2. The van der Waals surface area contributed by atoms with Crippen LogP contribution >= 0.6 is 11.3 Å². The zero-order chi connectivity index (χ0) is 15.5. The maximum Gasteiger partial charge on any atom is 0.264 e. The predicted octanol–water partition coefficient (Wildman–Crippen LogP) is 0.476. The standard InChI is InChI=1S/C14H20N2O4S/c1-10-14(19,5-6-20-10)9-15-12(17)8-16(2)13(18)11-4-3-7-21-11/h3-4,7,10,19H,5-6,8-9H2,1-2H3,(H,15,17). The van der Waals surface area contributed by atoms with E-state index in [2.05, 4.69) is 5.32 Å². The van der Waals surface area contributed by atoms with E-state index in [4.69, 9.17) is 4.74 Å². The molecule has 1 aliphatic heterocycles. The second kappa shape index (κ2) is 6.55. The van der Waals surface area contributed by atoms with Gasteiger partial charge in [0.25, 0.3) is 5.91 Å². The summed E-state index contributed by atoms with van der Waals surface area (Å²) in [6.07, 6.45) is 0.196. The third-order valence-electron chi connectivity index (χ3n) is 3.71. The molecule has 1 aromatic rings. The molecule has 2 N–H and O–H groups in total. The highest BCUT2D eigenvalue weighted by molar-refractivity contribution is 7.12. The SMILES string of the molecule is CC1OCCC1(O)CNC(=O)CN(C)C(=O)c1cccs1. The zero-order valence-electron chi connectivity index (χ0n) is 12.2. The van der Waals surface area contributed by atoms with E-state index in [1.165, 1.54) is 16.2 Å². The topological polar surface area (TPSA) is 78.9 Å².